The number of amides is 1. The maximum atomic E-state index is 12.2. The number of unbranched alkanes of at least 4 members (excludes halogenated alkanes) is 3. The Morgan fingerprint density at radius 1 is 1.04 bits per heavy atom. The molecule has 0 fully saturated rings. The summed E-state index contributed by atoms with van der Waals surface area (Å²) in [7, 11) is 3.09. The van der Waals surface area contributed by atoms with Crippen LogP contribution in [0.3, 0.4) is 0 Å². The Morgan fingerprint density at radius 2 is 1.65 bits per heavy atom. The monoisotopic (exact) mass is 323 g/mol. The first kappa shape index (κ1) is 18.8. The van der Waals surface area contributed by atoms with E-state index in [1.807, 2.05) is 6.92 Å². The smallest absolute Gasteiger partial charge is 0.303 e. The standard InChI is InChI=1S/C17H25NO5/c1-12-10-14(22-2)15(23-3)11-13(12)17(21)18-9-7-5-4-6-8-16(19)20/h10-11H,4-9H2,1-3H3,(H,18,21)(H,19,20). The van der Waals surface area contributed by atoms with Crippen LogP contribution in [-0.2, 0) is 4.79 Å². The fraction of sp³-hybridized carbons (Fsp3) is 0.529. The van der Waals surface area contributed by atoms with Crippen molar-refractivity contribution < 1.29 is 24.2 Å². The highest BCUT2D eigenvalue weighted by Gasteiger charge is 2.14. The minimum Gasteiger partial charge on any atom is -0.493 e. The summed E-state index contributed by atoms with van der Waals surface area (Å²) in [5.41, 5.74) is 1.38. The number of nitrogens with one attached hydrogen (secondary N) is 1. The summed E-state index contributed by atoms with van der Waals surface area (Å²) < 4.78 is 10.4. The number of carbonyl (C=O) groups excluding carboxylic acids is 1. The Morgan fingerprint density at radius 3 is 2.26 bits per heavy atom. The van der Waals surface area contributed by atoms with E-state index < -0.39 is 5.97 Å². The van der Waals surface area contributed by atoms with Gasteiger partial charge in [0, 0.05) is 18.5 Å². The summed E-state index contributed by atoms with van der Waals surface area (Å²) in [4.78, 5) is 22.6. The Hall–Kier alpha value is -2.24. The van der Waals surface area contributed by atoms with E-state index in [4.69, 9.17) is 14.6 Å². The second-order valence-electron chi connectivity index (χ2n) is 5.34. The molecule has 128 valence electrons. The van der Waals surface area contributed by atoms with Gasteiger partial charge in [0.25, 0.3) is 5.91 Å². The van der Waals surface area contributed by atoms with Gasteiger partial charge in [-0.1, -0.05) is 12.8 Å². The molecule has 1 aromatic rings. The number of hydrogen-bond acceptors (Lipinski definition) is 4. The van der Waals surface area contributed by atoms with Crippen molar-refractivity contribution in [3.63, 3.8) is 0 Å². The molecule has 0 radical (unpaired) electrons. The molecule has 23 heavy (non-hydrogen) atoms. The molecule has 0 aromatic heterocycles. The second kappa shape index (κ2) is 9.71. The molecular weight excluding hydrogens is 298 g/mol. The van der Waals surface area contributed by atoms with E-state index in [0.29, 0.717) is 30.0 Å². The van der Waals surface area contributed by atoms with Gasteiger partial charge in [-0.15, -0.1) is 0 Å². The van der Waals surface area contributed by atoms with Crippen LogP contribution in [0.5, 0.6) is 11.5 Å². The van der Waals surface area contributed by atoms with Gasteiger partial charge in [0.2, 0.25) is 0 Å². The van der Waals surface area contributed by atoms with Gasteiger partial charge in [0.15, 0.2) is 11.5 Å². The van der Waals surface area contributed by atoms with Crippen LogP contribution in [0.15, 0.2) is 12.1 Å². The number of benzene rings is 1. The largest absolute Gasteiger partial charge is 0.493 e. The summed E-state index contributed by atoms with van der Waals surface area (Å²) >= 11 is 0. The number of hydrogen-bond donors (Lipinski definition) is 2. The van der Waals surface area contributed by atoms with Gasteiger partial charge in [-0.3, -0.25) is 9.59 Å². The van der Waals surface area contributed by atoms with Crippen molar-refractivity contribution in [1.29, 1.82) is 0 Å². The highest BCUT2D eigenvalue weighted by atomic mass is 16.5. The average Bonchev–Trinajstić information content (AvgIpc) is 2.53. The topological polar surface area (TPSA) is 84.9 Å². The first-order chi connectivity index (χ1) is 11.0. The lowest BCUT2D eigenvalue weighted by atomic mass is 10.1. The maximum Gasteiger partial charge on any atom is 0.303 e. The van der Waals surface area contributed by atoms with Crippen molar-refractivity contribution in [3.05, 3.63) is 23.3 Å². The van der Waals surface area contributed by atoms with Crippen LogP contribution >= 0.6 is 0 Å². The van der Waals surface area contributed by atoms with E-state index >= 15 is 0 Å². The first-order valence-electron chi connectivity index (χ1n) is 7.72. The van der Waals surface area contributed by atoms with Gasteiger partial charge in [0.1, 0.15) is 0 Å². The molecule has 0 aliphatic carbocycles. The van der Waals surface area contributed by atoms with Crippen LogP contribution < -0.4 is 14.8 Å². The van der Waals surface area contributed by atoms with Gasteiger partial charge in [-0.05, 0) is 37.5 Å². The van der Waals surface area contributed by atoms with E-state index in [1.165, 1.54) is 7.11 Å². The van der Waals surface area contributed by atoms with Crippen LogP contribution in [0.1, 0.15) is 48.0 Å². The molecule has 0 aliphatic rings. The summed E-state index contributed by atoms with van der Waals surface area (Å²) in [5, 5.41) is 11.4. The summed E-state index contributed by atoms with van der Waals surface area (Å²) in [6, 6.07) is 3.45. The molecule has 0 atom stereocenters. The third-order valence-corrected chi connectivity index (χ3v) is 3.58. The molecule has 2 N–H and O–H groups in total. The van der Waals surface area contributed by atoms with Gasteiger partial charge >= 0.3 is 5.97 Å². The molecule has 1 rings (SSSR count). The summed E-state index contributed by atoms with van der Waals surface area (Å²) in [6.07, 6.45) is 3.48. The molecule has 0 bridgehead atoms. The molecule has 0 spiro atoms. The van der Waals surface area contributed by atoms with Gasteiger partial charge in [-0.25, -0.2) is 0 Å². The fourth-order valence-corrected chi connectivity index (χ4v) is 2.28. The molecule has 6 heteroatoms. The molecule has 0 saturated heterocycles. The number of carboxylic acids is 1. The Labute approximate surface area is 136 Å². The Kier molecular flexibility index (Phi) is 7.94. The van der Waals surface area contributed by atoms with Crippen molar-refractivity contribution >= 4 is 11.9 Å². The fourth-order valence-electron chi connectivity index (χ4n) is 2.28. The van der Waals surface area contributed by atoms with Crippen molar-refractivity contribution in [2.45, 2.75) is 39.0 Å². The zero-order valence-corrected chi connectivity index (χ0v) is 14.0. The number of carboxylic acid groups (broad SMARTS) is 1. The number of rotatable bonds is 10. The van der Waals surface area contributed by atoms with E-state index in [-0.39, 0.29) is 12.3 Å². The zero-order chi connectivity index (χ0) is 17.2. The van der Waals surface area contributed by atoms with Crippen LogP contribution in [-0.4, -0.2) is 37.7 Å². The number of aryl methyl sites for hydroxylation is 1. The molecule has 0 saturated carbocycles. The highest BCUT2D eigenvalue weighted by Crippen LogP contribution is 2.30. The Balaban J connectivity index is 2.44. The summed E-state index contributed by atoms with van der Waals surface area (Å²) in [6.45, 7) is 2.42. The predicted octanol–water partition coefficient (Wildman–Crippen LogP) is 2.78. The third kappa shape index (κ3) is 6.18. The number of aliphatic carboxylic acids is 1. The number of methoxy groups -OCH3 is 2. The summed E-state index contributed by atoms with van der Waals surface area (Å²) in [5.74, 6) is 0.216. The van der Waals surface area contributed by atoms with E-state index in [2.05, 4.69) is 5.32 Å². The van der Waals surface area contributed by atoms with Crippen molar-refractivity contribution in [2.24, 2.45) is 0 Å². The predicted molar refractivity (Wildman–Crippen MR) is 87.3 cm³/mol. The first-order valence-corrected chi connectivity index (χ1v) is 7.72. The van der Waals surface area contributed by atoms with Gasteiger partial charge < -0.3 is 19.9 Å². The van der Waals surface area contributed by atoms with Crippen LogP contribution in [0, 0.1) is 6.92 Å². The molecule has 6 nitrogen and oxygen atoms in total. The molecule has 0 heterocycles. The molecule has 1 aromatic carbocycles. The lowest BCUT2D eigenvalue weighted by Crippen LogP contribution is -2.25. The van der Waals surface area contributed by atoms with Crippen molar-refractivity contribution in [2.75, 3.05) is 20.8 Å². The van der Waals surface area contributed by atoms with Crippen molar-refractivity contribution in [1.82, 2.24) is 5.32 Å². The maximum absolute atomic E-state index is 12.2. The van der Waals surface area contributed by atoms with Crippen molar-refractivity contribution in [3.8, 4) is 11.5 Å². The lowest BCUT2D eigenvalue weighted by molar-refractivity contribution is -0.137. The second-order valence-corrected chi connectivity index (χ2v) is 5.34. The number of carbonyl (C=O) groups is 2. The molecule has 1 amide bonds. The third-order valence-electron chi connectivity index (χ3n) is 3.58. The van der Waals surface area contributed by atoms with E-state index in [1.54, 1.807) is 19.2 Å². The highest BCUT2D eigenvalue weighted by molar-refractivity contribution is 5.96. The SMILES string of the molecule is COc1cc(C)c(C(=O)NCCCCCCC(=O)O)cc1OC. The minimum atomic E-state index is -0.762. The van der Waals surface area contributed by atoms with Gasteiger partial charge in [0.05, 0.1) is 14.2 Å². The van der Waals surface area contributed by atoms with Crippen LogP contribution in [0.25, 0.3) is 0 Å². The van der Waals surface area contributed by atoms with E-state index in [9.17, 15) is 9.59 Å². The molecule has 0 aliphatic heterocycles. The zero-order valence-electron chi connectivity index (χ0n) is 14.0. The molecular formula is C17H25NO5. The van der Waals surface area contributed by atoms with Crippen LogP contribution in [0.4, 0.5) is 0 Å². The minimum absolute atomic E-state index is 0.144. The Bertz CT molecular complexity index is 542. The average molecular weight is 323 g/mol. The number of ether oxygens (including phenoxy) is 2. The van der Waals surface area contributed by atoms with E-state index in [0.717, 1.165) is 24.8 Å². The van der Waals surface area contributed by atoms with Gasteiger partial charge in [-0.2, -0.15) is 0 Å². The molecule has 0 unspecified atom stereocenters. The normalized spacial score (nSPS) is 10.2. The quantitative estimate of drug-likeness (QED) is 0.647. The van der Waals surface area contributed by atoms with Crippen LogP contribution in [0.2, 0.25) is 0 Å². The lowest BCUT2D eigenvalue weighted by Gasteiger charge is -2.12.